The van der Waals surface area contributed by atoms with Gasteiger partial charge in [-0.15, -0.1) is 0 Å². The van der Waals surface area contributed by atoms with Gasteiger partial charge in [-0.3, -0.25) is 9.59 Å². The largest absolute Gasteiger partial charge is 0.355 e. The molecule has 1 fully saturated rings. The van der Waals surface area contributed by atoms with Gasteiger partial charge in [0, 0.05) is 25.4 Å². The van der Waals surface area contributed by atoms with E-state index in [2.05, 4.69) is 5.32 Å². The van der Waals surface area contributed by atoms with E-state index < -0.39 is 11.7 Å². The van der Waals surface area contributed by atoms with Gasteiger partial charge in [0.2, 0.25) is 11.8 Å². The van der Waals surface area contributed by atoms with Crippen LogP contribution < -0.4 is 10.2 Å². The number of rotatable bonds is 6. The highest BCUT2D eigenvalue weighted by atomic mass is 19.1. The zero-order valence-corrected chi connectivity index (χ0v) is 16.5. The number of halogens is 1. The Morgan fingerprint density at radius 3 is 2.10 bits per heavy atom. The molecule has 1 aliphatic heterocycles. The van der Waals surface area contributed by atoms with Crippen molar-refractivity contribution < 1.29 is 14.0 Å². The highest BCUT2D eigenvalue weighted by Gasteiger charge is 2.36. The molecular formula is C25H23FN2O2. The summed E-state index contributed by atoms with van der Waals surface area (Å²) in [6.45, 7) is 0.615. The topological polar surface area (TPSA) is 49.4 Å². The molecule has 3 aromatic carbocycles. The van der Waals surface area contributed by atoms with Crippen LogP contribution in [0.5, 0.6) is 0 Å². The number of nitrogens with one attached hydrogen (secondary N) is 1. The molecule has 0 radical (unpaired) electrons. The molecule has 1 N–H and O–H groups in total. The normalized spacial score (nSPS) is 16.1. The van der Waals surface area contributed by atoms with E-state index in [4.69, 9.17) is 0 Å². The number of anilines is 1. The lowest BCUT2D eigenvalue weighted by Gasteiger charge is -2.20. The molecule has 152 valence electrons. The molecule has 0 aromatic heterocycles. The van der Waals surface area contributed by atoms with E-state index in [0.29, 0.717) is 6.54 Å². The number of para-hydroxylation sites is 1. The first-order valence-corrected chi connectivity index (χ1v) is 10.1. The number of carbonyl (C=O) groups is 2. The summed E-state index contributed by atoms with van der Waals surface area (Å²) in [5.41, 5.74) is 2.45. The van der Waals surface area contributed by atoms with Crippen LogP contribution in [0.2, 0.25) is 0 Å². The van der Waals surface area contributed by atoms with E-state index >= 15 is 0 Å². The summed E-state index contributed by atoms with van der Waals surface area (Å²) in [4.78, 5) is 26.6. The standard InChI is InChI=1S/C25H23FN2O2/c26-22-13-7-8-14-23(22)28-17-20(15-24(28)29)25(30)27-16-21(18-9-3-1-4-10-18)19-11-5-2-6-12-19/h1-14,20-21H,15-17H2,(H,27,30)/t20-/m1/s1. The van der Waals surface area contributed by atoms with Gasteiger partial charge < -0.3 is 10.2 Å². The molecule has 5 heteroatoms. The second-order valence-electron chi connectivity index (χ2n) is 7.48. The first-order valence-electron chi connectivity index (χ1n) is 10.1. The van der Waals surface area contributed by atoms with Gasteiger partial charge in [0.15, 0.2) is 0 Å². The highest BCUT2D eigenvalue weighted by molar-refractivity contribution is 6.00. The van der Waals surface area contributed by atoms with Crippen molar-refractivity contribution in [2.45, 2.75) is 12.3 Å². The average Bonchev–Trinajstić information content (AvgIpc) is 3.17. The van der Waals surface area contributed by atoms with Crippen molar-refractivity contribution in [3.05, 3.63) is 102 Å². The van der Waals surface area contributed by atoms with Gasteiger partial charge in [0.25, 0.3) is 0 Å². The smallest absolute Gasteiger partial charge is 0.227 e. The summed E-state index contributed by atoms with van der Waals surface area (Å²) >= 11 is 0. The maximum Gasteiger partial charge on any atom is 0.227 e. The van der Waals surface area contributed by atoms with E-state index in [-0.39, 0.29) is 36.4 Å². The van der Waals surface area contributed by atoms with Crippen molar-refractivity contribution in [2.75, 3.05) is 18.0 Å². The summed E-state index contributed by atoms with van der Waals surface area (Å²) in [6, 6.07) is 26.2. The molecule has 0 aliphatic carbocycles. The third-order valence-corrected chi connectivity index (χ3v) is 5.52. The van der Waals surface area contributed by atoms with Gasteiger partial charge in [-0.2, -0.15) is 0 Å². The number of hydrogen-bond acceptors (Lipinski definition) is 2. The van der Waals surface area contributed by atoms with Crippen LogP contribution in [-0.4, -0.2) is 24.9 Å². The predicted molar refractivity (Wildman–Crippen MR) is 115 cm³/mol. The molecule has 0 saturated carbocycles. The van der Waals surface area contributed by atoms with Crippen LogP contribution >= 0.6 is 0 Å². The minimum Gasteiger partial charge on any atom is -0.355 e. The van der Waals surface area contributed by atoms with Gasteiger partial charge >= 0.3 is 0 Å². The first kappa shape index (κ1) is 19.8. The first-order chi connectivity index (χ1) is 14.6. The SMILES string of the molecule is O=C(NCC(c1ccccc1)c1ccccc1)[C@@H]1CC(=O)N(c2ccccc2F)C1. The van der Waals surface area contributed by atoms with Crippen LogP contribution in [0.3, 0.4) is 0 Å². The van der Waals surface area contributed by atoms with Crippen molar-refractivity contribution >= 4 is 17.5 Å². The van der Waals surface area contributed by atoms with E-state index in [9.17, 15) is 14.0 Å². The zero-order chi connectivity index (χ0) is 20.9. The van der Waals surface area contributed by atoms with Crippen LogP contribution in [0.1, 0.15) is 23.5 Å². The molecule has 0 bridgehead atoms. The van der Waals surface area contributed by atoms with Crippen molar-refractivity contribution in [1.29, 1.82) is 0 Å². The molecule has 4 rings (SSSR count). The second kappa shape index (κ2) is 8.91. The summed E-state index contributed by atoms with van der Waals surface area (Å²) in [5, 5.41) is 3.02. The van der Waals surface area contributed by atoms with E-state index in [1.165, 1.54) is 11.0 Å². The average molecular weight is 402 g/mol. The maximum atomic E-state index is 14.1. The fraction of sp³-hybridized carbons (Fsp3) is 0.200. The van der Waals surface area contributed by atoms with Crippen molar-refractivity contribution in [3.8, 4) is 0 Å². The van der Waals surface area contributed by atoms with Gasteiger partial charge in [0.05, 0.1) is 11.6 Å². The van der Waals surface area contributed by atoms with E-state index in [1.807, 2.05) is 60.7 Å². The Balaban J connectivity index is 1.45. The lowest BCUT2D eigenvalue weighted by atomic mass is 9.91. The van der Waals surface area contributed by atoms with E-state index in [1.54, 1.807) is 18.2 Å². The number of nitrogens with zero attached hydrogens (tertiary/aromatic N) is 1. The number of hydrogen-bond donors (Lipinski definition) is 1. The highest BCUT2D eigenvalue weighted by Crippen LogP contribution is 2.28. The Labute approximate surface area is 175 Å². The summed E-state index contributed by atoms with van der Waals surface area (Å²) in [7, 11) is 0. The van der Waals surface area contributed by atoms with Gasteiger partial charge in [-0.1, -0.05) is 72.8 Å². The summed E-state index contributed by atoms with van der Waals surface area (Å²) in [5.74, 6) is -1.36. The molecule has 1 aliphatic rings. The van der Waals surface area contributed by atoms with Gasteiger partial charge in [-0.25, -0.2) is 4.39 Å². The van der Waals surface area contributed by atoms with Crippen molar-refractivity contribution in [1.82, 2.24) is 5.32 Å². The van der Waals surface area contributed by atoms with Crippen LogP contribution in [0.25, 0.3) is 0 Å². The lowest BCUT2D eigenvalue weighted by Crippen LogP contribution is -2.35. The third kappa shape index (κ3) is 4.25. The van der Waals surface area contributed by atoms with Crippen LogP contribution in [0, 0.1) is 11.7 Å². The quantitative estimate of drug-likeness (QED) is 0.674. The monoisotopic (exact) mass is 402 g/mol. The lowest BCUT2D eigenvalue weighted by molar-refractivity contribution is -0.126. The molecule has 1 heterocycles. The Morgan fingerprint density at radius 1 is 0.933 bits per heavy atom. The Hall–Kier alpha value is -3.47. The molecule has 1 saturated heterocycles. The van der Waals surface area contributed by atoms with Crippen molar-refractivity contribution in [2.24, 2.45) is 5.92 Å². The third-order valence-electron chi connectivity index (χ3n) is 5.52. The minimum atomic E-state index is -0.496. The summed E-state index contributed by atoms with van der Waals surface area (Å²) < 4.78 is 14.1. The number of carbonyl (C=O) groups excluding carboxylic acids is 2. The zero-order valence-electron chi connectivity index (χ0n) is 16.5. The maximum absolute atomic E-state index is 14.1. The minimum absolute atomic E-state index is 0.0103. The van der Waals surface area contributed by atoms with Crippen LogP contribution in [0.15, 0.2) is 84.9 Å². The molecule has 2 amide bonds. The molecule has 1 atom stereocenters. The Bertz CT molecular complexity index is 984. The molecule has 0 spiro atoms. The van der Waals surface area contributed by atoms with Gasteiger partial charge in [-0.05, 0) is 23.3 Å². The fourth-order valence-corrected chi connectivity index (χ4v) is 3.93. The second-order valence-corrected chi connectivity index (χ2v) is 7.48. The molecule has 0 unspecified atom stereocenters. The van der Waals surface area contributed by atoms with Crippen molar-refractivity contribution in [3.63, 3.8) is 0 Å². The molecule has 3 aromatic rings. The van der Waals surface area contributed by atoms with Gasteiger partial charge in [0.1, 0.15) is 5.82 Å². The molecular weight excluding hydrogens is 379 g/mol. The van der Waals surface area contributed by atoms with E-state index in [0.717, 1.165) is 11.1 Å². The number of amides is 2. The predicted octanol–water partition coefficient (Wildman–Crippen LogP) is 4.13. The molecule has 30 heavy (non-hydrogen) atoms. The Kier molecular flexibility index (Phi) is 5.89. The van der Waals surface area contributed by atoms with Crippen LogP contribution in [0.4, 0.5) is 10.1 Å². The van der Waals surface area contributed by atoms with Crippen LogP contribution in [-0.2, 0) is 9.59 Å². The fourth-order valence-electron chi connectivity index (χ4n) is 3.93. The summed E-state index contributed by atoms with van der Waals surface area (Å²) in [6.07, 6.45) is 0.0848. The number of benzene rings is 3. The molecule has 4 nitrogen and oxygen atoms in total. The Morgan fingerprint density at radius 2 is 1.50 bits per heavy atom.